The Labute approximate surface area is 132 Å². The Morgan fingerprint density at radius 3 is 2.68 bits per heavy atom. The van der Waals surface area contributed by atoms with Gasteiger partial charge >= 0.3 is 0 Å². The van der Waals surface area contributed by atoms with Crippen molar-refractivity contribution in [3.05, 3.63) is 61.5 Å². The zero-order valence-electron chi connectivity index (χ0n) is 9.71. The molecular weight excluding hydrogens is 398 g/mol. The molecule has 0 aliphatic heterocycles. The fraction of sp³-hybridized carbons (Fsp3) is 0.154. The molecular formula is C13H10Br2ClFN2. The maximum Gasteiger partial charge on any atom is 0.142 e. The molecule has 19 heavy (non-hydrogen) atoms. The standard InChI is InChI=1S/C13H10Br2ClFN2/c14-8-5-9(15)13(19-6-8)12(18)4-7-1-2-10(16)11(17)3-7/h1-3,5-6,12H,4,18H2. The maximum atomic E-state index is 13.4. The quantitative estimate of drug-likeness (QED) is 0.804. The molecule has 0 spiro atoms. The van der Waals surface area contributed by atoms with Crippen molar-refractivity contribution in [2.24, 2.45) is 5.73 Å². The minimum atomic E-state index is -0.436. The molecule has 2 nitrogen and oxygen atoms in total. The van der Waals surface area contributed by atoms with E-state index in [9.17, 15) is 4.39 Å². The molecule has 2 rings (SSSR count). The first-order valence-corrected chi connectivity index (χ1v) is 7.44. The molecule has 0 radical (unpaired) electrons. The molecule has 2 N–H and O–H groups in total. The number of rotatable bonds is 3. The van der Waals surface area contributed by atoms with Crippen LogP contribution < -0.4 is 5.73 Å². The topological polar surface area (TPSA) is 38.9 Å². The zero-order chi connectivity index (χ0) is 14.0. The molecule has 6 heteroatoms. The van der Waals surface area contributed by atoms with E-state index in [0.29, 0.717) is 6.42 Å². The van der Waals surface area contributed by atoms with E-state index in [-0.39, 0.29) is 11.1 Å². The predicted molar refractivity (Wildman–Crippen MR) is 81.7 cm³/mol. The van der Waals surface area contributed by atoms with Gasteiger partial charge in [-0.2, -0.15) is 0 Å². The number of nitrogens with zero attached hydrogens (tertiary/aromatic N) is 1. The smallest absolute Gasteiger partial charge is 0.142 e. The predicted octanol–water partition coefficient (Wildman–Crippen LogP) is 4.64. The first-order valence-electron chi connectivity index (χ1n) is 5.48. The van der Waals surface area contributed by atoms with E-state index in [4.69, 9.17) is 17.3 Å². The summed E-state index contributed by atoms with van der Waals surface area (Å²) >= 11 is 12.4. The minimum Gasteiger partial charge on any atom is -0.322 e. The van der Waals surface area contributed by atoms with Gasteiger partial charge in [-0.1, -0.05) is 17.7 Å². The van der Waals surface area contributed by atoms with Crippen molar-refractivity contribution >= 4 is 43.5 Å². The molecule has 1 aromatic carbocycles. The van der Waals surface area contributed by atoms with Crippen molar-refractivity contribution in [2.45, 2.75) is 12.5 Å². The summed E-state index contributed by atoms with van der Waals surface area (Å²) in [4.78, 5) is 4.28. The van der Waals surface area contributed by atoms with Crippen LogP contribution in [-0.4, -0.2) is 4.98 Å². The third-order valence-electron chi connectivity index (χ3n) is 2.63. The highest BCUT2D eigenvalue weighted by Crippen LogP contribution is 2.26. The molecule has 2 aromatic rings. The number of aromatic nitrogens is 1. The van der Waals surface area contributed by atoms with Crippen LogP contribution >= 0.6 is 43.5 Å². The first-order chi connectivity index (χ1) is 8.97. The average Bonchev–Trinajstić information content (AvgIpc) is 2.33. The monoisotopic (exact) mass is 406 g/mol. The van der Waals surface area contributed by atoms with Crippen molar-refractivity contribution in [1.29, 1.82) is 0 Å². The summed E-state index contributed by atoms with van der Waals surface area (Å²) in [5.74, 6) is -0.436. The Kier molecular flexibility index (Phi) is 4.95. The number of nitrogens with two attached hydrogens (primary N) is 1. The van der Waals surface area contributed by atoms with E-state index in [1.165, 1.54) is 12.1 Å². The molecule has 0 aliphatic rings. The highest BCUT2D eigenvalue weighted by Gasteiger charge is 2.13. The van der Waals surface area contributed by atoms with Gasteiger partial charge in [0.15, 0.2) is 0 Å². The van der Waals surface area contributed by atoms with Crippen LogP contribution in [0.4, 0.5) is 4.39 Å². The number of hydrogen-bond donors (Lipinski definition) is 1. The highest BCUT2D eigenvalue weighted by molar-refractivity contribution is 9.11. The molecule has 0 amide bonds. The lowest BCUT2D eigenvalue weighted by Crippen LogP contribution is -2.15. The summed E-state index contributed by atoms with van der Waals surface area (Å²) in [6.07, 6.45) is 2.17. The number of benzene rings is 1. The van der Waals surface area contributed by atoms with E-state index in [1.54, 1.807) is 12.3 Å². The Balaban J connectivity index is 2.20. The Bertz CT molecular complexity index is 607. The van der Waals surface area contributed by atoms with Gasteiger partial charge in [-0.05, 0) is 62.0 Å². The van der Waals surface area contributed by atoms with Crippen LogP contribution in [0, 0.1) is 5.82 Å². The van der Waals surface area contributed by atoms with E-state index in [0.717, 1.165) is 20.2 Å². The van der Waals surface area contributed by atoms with Crippen molar-refractivity contribution in [2.75, 3.05) is 0 Å². The van der Waals surface area contributed by atoms with Crippen LogP contribution in [0.15, 0.2) is 39.4 Å². The maximum absolute atomic E-state index is 13.4. The van der Waals surface area contributed by atoms with Crippen LogP contribution in [-0.2, 0) is 6.42 Å². The number of pyridine rings is 1. The summed E-state index contributed by atoms with van der Waals surface area (Å²) in [6.45, 7) is 0. The highest BCUT2D eigenvalue weighted by atomic mass is 79.9. The van der Waals surface area contributed by atoms with Gasteiger partial charge in [0.25, 0.3) is 0 Å². The van der Waals surface area contributed by atoms with Gasteiger partial charge in [-0.15, -0.1) is 0 Å². The van der Waals surface area contributed by atoms with Gasteiger partial charge in [0.05, 0.1) is 16.8 Å². The molecule has 1 aromatic heterocycles. The van der Waals surface area contributed by atoms with Crippen LogP contribution in [0.2, 0.25) is 5.02 Å². The number of hydrogen-bond acceptors (Lipinski definition) is 2. The zero-order valence-corrected chi connectivity index (χ0v) is 13.6. The van der Waals surface area contributed by atoms with Crippen molar-refractivity contribution in [3.63, 3.8) is 0 Å². The fourth-order valence-corrected chi connectivity index (χ4v) is 3.11. The normalized spacial score (nSPS) is 12.5. The Morgan fingerprint density at radius 1 is 1.32 bits per heavy atom. The molecule has 1 unspecified atom stereocenters. The second-order valence-corrected chi connectivity index (χ2v) is 6.26. The van der Waals surface area contributed by atoms with Crippen LogP contribution in [0.5, 0.6) is 0 Å². The van der Waals surface area contributed by atoms with Gasteiger partial charge in [-0.3, -0.25) is 4.98 Å². The van der Waals surface area contributed by atoms with Gasteiger partial charge in [-0.25, -0.2) is 4.39 Å². The third kappa shape index (κ3) is 3.75. The van der Waals surface area contributed by atoms with E-state index in [2.05, 4.69) is 36.8 Å². The molecule has 0 saturated heterocycles. The van der Waals surface area contributed by atoms with Gasteiger partial charge in [0.1, 0.15) is 5.82 Å². The second-order valence-electron chi connectivity index (χ2n) is 4.08. The molecule has 0 saturated carbocycles. The van der Waals surface area contributed by atoms with Gasteiger partial charge < -0.3 is 5.73 Å². The molecule has 100 valence electrons. The summed E-state index contributed by atoms with van der Waals surface area (Å²) in [5, 5.41) is 0.111. The SMILES string of the molecule is NC(Cc1ccc(Cl)c(F)c1)c1ncc(Br)cc1Br. The minimum absolute atomic E-state index is 0.111. The average molecular weight is 408 g/mol. The summed E-state index contributed by atoms with van der Waals surface area (Å²) in [5.41, 5.74) is 7.62. The molecule has 0 bridgehead atoms. The molecule has 1 atom stereocenters. The fourth-order valence-electron chi connectivity index (χ4n) is 1.72. The summed E-state index contributed by atoms with van der Waals surface area (Å²) in [6, 6.07) is 6.25. The van der Waals surface area contributed by atoms with Gasteiger partial charge in [0.2, 0.25) is 0 Å². The second kappa shape index (κ2) is 6.31. The van der Waals surface area contributed by atoms with E-state index >= 15 is 0 Å². The molecule has 1 heterocycles. The molecule has 0 aliphatic carbocycles. The van der Waals surface area contributed by atoms with Crippen LogP contribution in [0.3, 0.4) is 0 Å². The van der Waals surface area contributed by atoms with Crippen molar-refractivity contribution in [1.82, 2.24) is 4.98 Å². The Hall–Kier alpha value is -0.490. The first kappa shape index (κ1) is 14.9. The van der Waals surface area contributed by atoms with Crippen molar-refractivity contribution < 1.29 is 4.39 Å². The van der Waals surface area contributed by atoms with E-state index in [1.807, 2.05) is 6.07 Å². The van der Waals surface area contributed by atoms with Gasteiger partial charge in [0, 0.05) is 15.1 Å². The Morgan fingerprint density at radius 2 is 2.05 bits per heavy atom. The lowest BCUT2D eigenvalue weighted by molar-refractivity contribution is 0.621. The lowest BCUT2D eigenvalue weighted by Gasteiger charge is -2.13. The van der Waals surface area contributed by atoms with Crippen molar-refractivity contribution in [3.8, 4) is 0 Å². The third-order valence-corrected chi connectivity index (χ3v) is 4.00. The largest absolute Gasteiger partial charge is 0.322 e. The van der Waals surface area contributed by atoms with Crippen LogP contribution in [0.1, 0.15) is 17.3 Å². The summed E-state index contributed by atoms with van der Waals surface area (Å²) < 4.78 is 15.1. The lowest BCUT2D eigenvalue weighted by atomic mass is 10.0. The number of halogens is 4. The van der Waals surface area contributed by atoms with Crippen LogP contribution in [0.25, 0.3) is 0 Å². The summed E-state index contributed by atoms with van der Waals surface area (Å²) in [7, 11) is 0. The molecule has 0 fully saturated rings. The van der Waals surface area contributed by atoms with E-state index < -0.39 is 5.82 Å².